The number of halogens is 2. The maximum atomic E-state index is 12.8. The maximum absolute atomic E-state index is 12.8. The molecule has 1 saturated carbocycles. The molecule has 1 aromatic carbocycles. The van der Waals surface area contributed by atoms with Crippen molar-refractivity contribution in [2.45, 2.75) is 12.5 Å². The summed E-state index contributed by atoms with van der Waals surface area (Å²) in [6.07, 6.45) is 1.96. The highest BCUT2D eigenvalue weighted by atomic mass is 35.5. The van der Waals surface area contributed by atoms with Crippen molar-refractivity contribution in [1.29, 1.82) is 0 Å². The van der Waals surface area contributed by atoms with Gasteiger partial charge < -0.3 is 20.6 Å². The minimum atomic E-state index is -0.908. The summed E-state index contributed by atoms with van der Waals surface area (Å²) in [5, 5.41) is 10.2. The van der Waals surface area contributed by atoms with E-state index in [2.05, 4.69) is 9.88 Å². The normalized spacial score (nSPS) is 23.7. The van der Waals surface area contributed by atoms with Gasteiger partial charge in [0.2, 0.25) is 5.91 Å². The van der Waals surface area contributed by atoms with Crippen LogP contribution in [-0.2, 0) is 9.59 Å². The molecule has 9 heteroatoms. The molecule has 152 valence electrons. The van der Waals surface area contributed by atoms with Gasteiger partial charge >= 0.3 is 5.97 Å². The second kappa shape index (κ2) is 7.72. The van der Waals surface area contributed by atoms with Gasteiger partial charge in [-0.1, -0.05) is 35.3 Å². The number of piperazine rings is 1. The molecule has 2 aromatic rings. The summed E-state index contributed by atoms with van der Waals surface area (Å²) in [6.45, 7) is 1.39. The number of hydrogen-bond acceptors (Lipinski definition) is 5. The summed E-state index contributed by atoms with van der Waals surface area (Å²) < 4.78 is 0. The Morgan fingerprint density at radius 1 is 1.10 bits per heavy atom. The van der Waals surface area contributed by atoms with Crippen LogP contribution < -0.4 is 10.6 Å². The Labute approximate surface area is 178 Å². The summed E-state index contributed by atoms with van der Waals surface area (Å²) in [7, 11) is 0. The number of nitrogens with two attached hydrogens (primary N) is 1. The molecule has 2 heterocycles. The van der Waals surface area contributed by atoms with E-state index in [1.807, 2.05) is 12.1 Å². The number of carboxylic acids is 1. The Morgan fingerprint density at radius 3 is 2.45 bits per heavy atom. The number of rotatable bonds is 4. The van der Waals surface area contributed by atoms with Crippen LogP contribution in [0.3, 0.4) is 0 Å². The lowest BCUT2D eigenvalue weighted by atomic mass is 10.0. The van der Waals surface area contributed by atoms with Crippen LogP contribution >= 0.6 is 23.2 Å². The molecule has 1 aliphatic carbocycles. The second-order valence-corrected chi connectivity index (χ2v) is 8.27. The zero-order valence-corrected chi connectivity index (χ0v) is 17.0. The van der Waals surface area contributed by atoms with Gasteiger partial charge in [-0.15, -0.1) is 0 Å². The highest BCUT2D eigenvalue weighted by Crippen LogP contribution is 2.41. The number of nitrogens with zero attached hydrogens (tertiary/aromatic N) is 3. The van der Waals surface area contributed by atoms with Crippen LogP contribution in [0, 0.1) is 11.8 Å². The molecule has 3 atom stereocenters. The first-order chi connectivity index (χ1) is 13.8. The van der Waals surface area contributed by atoms with Crippen molar-refractivity contribution in [2.75, 3.05) is 30.3 Å². The predicted octanol–water partition coefficient (Wildman–Crippen LogP) is 3.08. The summed E-state index contributed by atoms with van der Waals surface area (Å²) in [4.78, 5) is 32.2. The van der Waals surface area contributed by atoms with Crippen molar-refractivity contribution >= 4 is 46.6 Å². The molecular weight excluding hydrogens is 415 g/mol. The molecule has 2 unspecified atom stereocenters. The smallest absolute Gasteiger partial charge is 0.307 e. The Hall–Kier alpha value is -2.51. The van der Waals surface area contributed by atoms with Crippen LogP contribution in [0.5, 0.6) is 0 Å². The topological polar surface area (TPSA) is 99.8 Å². The number of nitrogen functional groups attached to an aromatic ring is 1. The van der Waals surface area contributed by atoms with Crippen LogP contribution in [0.1, 0.15) is 18.0 Å². The standard InChI is InChI=1S/C20H20Cl2N4O3/c21-12-3-1-11(2-4-12)17-10-25(19(27)14-8-15(14)20(28)29)5-6-26(17)18-16(23)7-13(22)9-24-18/h1-4,7,9,14-15,17H,5-6,8,10,23H2,(H,28,29)/t14?,15-,17?/m0/s1. The molecule has 1 amide bonds. The molecule has 4 rings (SSSR count). The highest BCUT2D eigenvalue weighted by Gasteiger charge is 2.50. The van der Waals surface area contributed by atoms with E-state index in [0.29, 0.717) is 47.6 Å². The first-order valence-electron chi connectivity index (χ1n) is 9.30. The fourth-order valence-electron chi connectivity index (χ4n) is 3.87. The molecule has 0 bridgehead atoms. The number of hydrogen-bond donors (Lipinski definition) is 2. The molecule has 1 saturated heterocycles. The number of aromatic nitrogens is 1. The van der Waals surface area contributed by atoms with Gasteiger partial charge in [-0.3, -0.25) is 9.59 Å². The first-order valence-corrected chi connectivity index (χ1v) is 10.1. The minimum absolute atomic E-state index is 0.104. The monoisotopic (exact) mass is 434 g/mol. The fourth-order valence-corrected chi connectivity index (χ4v) is 4.16. The average Bonchev–Trinajstić information content (AvgIpc) is 3.49. The third kappa shape index (κ3) is 3.97. The third-order valence-electron chi connectivity index (χ3n) is 5.51. The van der Waals surface area contributed by atoms with Gasteiger partial charge in [0, 0.05) is 30.9 Å². The summed E-state index contributed by atoms with van der Waals surface area (Å²) in [5.41, 5.74) is 7.59. The van der Waals surface area contributed by atoms with Gasteiger partial charge in [-0.05, 0) is 30.2 Å². The number of anilines is 2. The zero-order chi connectivity index (χ0) is 20.7. The summed E-state index contributed by atoms with van der Waals surface area (Å²) in [6, 6.07) is 8.89. The van der Waals surface area contributed by atoms with E-state index in [1.54, 1.807) is 29.3 Å². The zero-order valence-electron chi connectivity index (χ0n) is 15.5. The van der Waals surface area contributed by atoms with Crippen LogP contribution in [-0.4, -0.2) is 46.5 Å². The van der Waals surface area contributed by atoms with Gasteiger partial charge in [0.25, 0.3) is 0 Å². The molecule has 0 radical (unpaired) electrons. The molecule has 1 aliphatic heterocycles. The number of amides is 1. The van der Waals surface area contributed by atoms with Crippen molar-refractivity contribution in [3.63, 3.8) is 0 Å². The molecular formula is C20H20Cl2N4O3. The molecule has 3 N–H and O–H groups in total. The van der Waals surface area contributed by atoms with Crippen LogP contribution in [0.2, 0.25) is 10.0 Å². The summed E-state index contributed by atoms with van der Waals surface area (Å²) >= 11 is 12.0. The largest absolute Gasteiger partial charge is 0.481 e. The van der Waals surface area contributed by atoms with Gasteiger partial charge in [-0.2, -0.15) is 0 Å². The number of pyridine rings is 1. The Kier molecular flexibility index (Phi) is 5.27. The fraction of sp³-hybridized carbons (Fsp3) is 0.350. The number of aliphatic carboxylic acids is 1. The van der Waals surface area contributed by atoms with E-state index in [9.17, 15) is 9.59 Å². The van der Waals surface area contributed by atoms with E-state index in [4.69, 9.17) is 34.0 Å². The van der Waals surface area contributed by atoms with Crippen LogP contribution in [0.25, 0.3) is 0 Å². The van der Waals surface area contributed by atoms with Crippen molar-refractivity contribution < 1.29 is 14.7 Å². The number of carboxylic acid groups (broad SMARTS) is 1. The predicted molar refractivity (Wildman–Crippen MR) is 111 cm³/mol. The molecule has 1 aromatic heterocycles. The lowest BCUT2D eigenvalue weighted by Gasteiger charge is -2.43. The molecule has 29 heavy (non-hydrogen) atoms. The number of carbonyl (C=O) groups excluding carboxylic acids is 1. The average molecular weight is 435 g/mol. The van der Waals surface area contributed by atoms with E-state index < -0.39 is 17.8 Å². The quantitative estimate of drug-likeness (QED) is 0.766. The Bertz CT molecular complexity index is 953. The van der Waals surface area contributed by atoms with Gasteiger partial charge in [0.05, 0.1) is 28.6 Å². The first kappa shape index (κ1) is 19.8. The second-order valence-electron chi connectivity index (χ2n) is 7.40. The van der Waals surface area contributed by atoms with Gasteiger partial charge in [0.1, 0.15) is 0 Å². The van der Waals surface area contributed by atoms with Crippen LogP contribution in [0.15, 0.2) is 36.5 Å². The highest BCUT2D eigenvalue weighted by molar-refractivity contribution is 6.31. The van der Waals surface area contributed by atoms with Crippen molar-refractivity contribution in [2.24, 2.45) is 11.8 Å². The van der Waals surface area contributed by atoms with E-state index >= 15 is 0 Å². The maximum Gasteiger partial charge on any atom is 0.307 e. The lowest BCUT2D eigenvalue weighted by molar-refractivity contribution is -0.142. The number of carbonyl (C=O) groups is 2. The van der Waals surface area contributed by atoms with E-state index in [-0.39, 0.29) is 11.9 Å². The van der Waals surface area contributed by atoms with E-state index in [1.165, 1.54) is 0 Å². The Balaban J connectivity index is 1.62. The van der Waals surface area contributed by atoms with E-state index in [0.717, 1.165) is 5.56 Å². The molecule has 2 aliphatic rings. The third-order valence-corrected chi connectivity index (χ3v) is 5.96. The molecule has 7 nitrogen and oxygen atoms in total. The lowest BCUT2D eigenvalue weighted by Crippen LogP contribution is -2.51. The SMILES string of the molecule is Nc1cc(Cl)cnc1N1CCN(C(=O)C2C[C@@H]2C(=O)O)CC1c1ccc(Cl)cc1. The molecule has 0 spiro atoms. The van der Waals surface area contributed by atoms with Crippen molar-refractivity contribution in [3.8, 4) is 0 Å². The number of benzene rings is 1. The van der Waals surface area contributed by atoms with Crippen molar-refractivity contribution in [1.82, 2.24) is 9.88 Å². The van der Waals surface area contributed by atoms with Gasteiger partial charge in [-0.25, -0.2) is 4.98 Å². The summed E-state index contributed by atoms with van der Waals surface area (Å²) in [5.74, 6) is -1.40. The van der Waals surface area contributed by atoms with Crippen molar-refractivity contribution in [3.05, 3.63) is 52.1 Å². The minimum Gasteiger partial charge on any atom is -0.481 e. The van der Waals surface area contributed by atoms with Crippen LogP contribution in [0.4, 0.5) is 11.5 Å². The Morgan fingerprint density at radius 2 is 1.83 bits per heavy atom. The van der Waals surface area contributed by atoms with Gasteiger partial charge in [0.15, 0.2) is 5.82 Å². The molecule has 2 fully saturated rings.